The maximum Gasteiger partial charge on any atom is 0.265 e. The molecule has 0 atom stereocenters. The summed E-state index contributed by atoms with van der Waals surface area (Å²) in [5.41, 5.74) is 0.781. The van der Waals surface area contributed by atoms with Crippen molar-refractivity contribution in [3.05, 3.63) is 23.2 Å². The summed E-state index contributed by atoms with van der Waals surface area (Å²) < 4.78 is 5.37. The fraction of sp³-hybridized carbons (Fsp3) is 0.417. The minimum Gasteiger partial charge on any atom is -0.482 e. The molecule has 0 aliphatic carbocycles. The highest BCUT2D eigenvalue weighted by Crippen LogP contribution is 2.34. The summed E-state index contributed by atoms with van der Waals surface area (Å²) in [5, 5.41) is 1.57. The molecule has 0 aromatic heterocycles. The van der Waals surface area contributed by atoms with Gasteiger partial charge in [0, 0.05) is 16.9 Å². The van der Waals surface area contributed by atoms with Gasteiger partial charge in [0.05, 0.1) is 5.69 Å². The number of carbonyl (C=O) groups is 1. The lowest BCUT2D eigenvalue weighted by Gasteiger charge is -2.29. The second-order valence-electron chi connectivity index (χ2n) is 3.84. The number of amides is 1. The first-order valence-electron chi connectivity index (χ1n) is 5.51. The van der Waals surface area contributed by atoms with Crippen LogP contribution in [0.25, 0.3) is 0 Å². The minimum absolute atomic E-state index is 0.00524. The molecular formula is C12H13BrClNO2. The number of unbranched alkanes of at least 4 members (excludes halogenated alkanes) is 1. The smallest absolute Gasteiger partial charge is 0.265 e. The first-order valence-corrected chi connectivity index (χ1v) is 7.01. The van der Waals surface area contributed by atoms with Crippen LogP contribution in [0.15, 0.2) is 18.2 Å². The Morgan fingerprint density at radius 3 is 3.00 bits per heavy atom. The molecule has 3 nitrogen and oxygen atoms in total. The van der Waals surface area contributed by atoms with Crippen LogP contribution in [0, 0.1) is 0 Å². The van der Waals surface area contributed by atoms with Crippen molar-refractivity contribution < 1.29 is 9.53 Å². The average Bonchev–Trinajstić information content (AvgIpc) is 2.32. The molecule has 1 aliphatic rings. The summed E-state index contributed by atoms with van der Waals surface area (Å²) >= 11 is 9.33. The third-order valence-corrected chi connectivity index (χ3v) is 3.43. The fourth-order valence-corrected chi connectivity index (χ4v) is 2.35. The van der Waals surface area contributed by atoms with Crippen molar-refractivity contribution in [2.45, 2.75) is 12.8 Å². The minimum atomic E-state index is -0.00524. The summed E-state index contributed by atoms with van der Waals surface area (Å²) in [6.45, 7) is 0.823. The van der Waals surface area contributed by atoms with Gasteiger partial charge < -0.3 is 9.64 Å². The Morgan fingerprint density at radius 2 is 2.24 bits per heavy atom. The number of hydrogen-bond donors (Lipinski definition) is 0. The zero-order valence-electron chi connectivity index (χ0n) is 9.29. The lowest BCUT2D eigenvalue weighted by atomic mass is 10.2. The highest BCUT2D eigenvalue weighted by molar-refractivity contribution is 9.09. The van der Waals surface area contributed by atoms with E-state index in [0.29, 0.717) is 11.6 Å². The summed E-state index contributed by atoms with van der Waals surface area (Å²) in [6, 6.07) is 5.36. The lowest BCUT2D eigenvalue weighted by Crippen LogP contribution is -2.39. The van der Waals surface area contributed by atoms with Gasteiger partial charge in [0.1, 0.15) is 5.75 Å². The molecule has 0 bridgehead atoms. The maximum atomic E-state index is 11.8. The number of carbonyl (C=O) groups excluding carboxylic acids is 1. The molecule has 17 heavy (non-hydrogen) atoms. The molecule has 2 rings (SSSR count). The van der Waals surface area contributed by atoms with Gasteiger partial charge in [-0.15, -0.1) is 0 Å². The molecule has 0 saturated heterocycles. The van der Waals surface area contributed by atoms with E-state index in [4.69, 9.17) is 16.3 Å². The van der Waals surface area contributed by atoms with E-state index < -0.39 is 0 Å². The summed E-state index contributed by atoms with van der Waals surface area (Å²) in [5.74, 6) is 0.724. The highest BCUT2D eigenvalue weighted by atomic mass is 79.9. The van der Waals surface area contributed by atoms with Crippen LogP contribution in [0.2, 0.25) is 5.02 Å². The second kappa shape index (κ2) is 5.74. The van der Waals surface area contributed by atoms with E-state index in [9.17, 15) is 4.79 Å². The van der Waals surface area contributed by atoms with Gasteiger partial charge in [-0.25, -0.2) is 0 Å². The molecular weight excluding hydrogens is 305 g/mol. The number of alkyl halides is 1. The molecule has 1 amide bonds. The topological polar surface area (TPSA) is 29.5 Å². The monoisotopic (exact) mass is 317 g/mol. The molecule has 0 N–H and O–H groups in total. The Balaban J connectivity index is 2.20. The van der Waals surface area contributed by atoms with Crippen LogP contribution in [0.1, 0.15) is 12.8 Å². The molecule has 0 radical (unpaired) electrons. The largest absolute Gasteiger partial charge is 0.482 e. The molecule has 0 saturated carbocycles. The standard InChI is InChI=1S/C12H13BrClNO2/c13-5-1-2-6-15-10-7-9(14)3-4-11(10)17-8-12(15)16/h3-4,7H,1-2,5-6,8H2. The first-order chi connectivity index (χ1) is 8.22. The van der Waals surface area contributed by atoms with Crippen molar-refractivity contribution in [2.24, 2.45) is 0 Å². The SMILES string of the molecule is O=C1COc2ccc(Cl)cc2N1CCCCBr. The zero-order valence-corrected chi connectivity index (χ0v) is 11.6. The first kappa shape index (κ1) is 12.7. The van der Waals surface area contributed by atoms with Crippen molar-refractivity contribution in [3.8, 4) is 5.75 Å². The van der Waals surface area contributed by atoms with Crippen LogP contribution < -0.4 is 9.64 Å². The molecule has 0 fully saturated rings. The van der Waals surface area contributed by atoms with Gasteiger partial charge in [-0.3, -0.25) is 4.79 Å². The molecule has 1 aromatic rings. The van der Waals surface area contributed by atoms with E-state index in [-0.39, 0.29) is 12.5 Å². The van der Waals surface area contributed by atoms with Crippen LogP contribution in [0.3, 0.4) is 0 Å². The number of anilines is 1. The van der Waals surface area contributed by atoms with Gasteiger partial charge in [-0.1, -0.05) is 27.5 Å². The Labute approximate surface area is 114 Å². The van der Waals surface area contributed by atoms with E-state index in [0.717, 1.165) is 29.6 Å². The molecule has 1 heterocycles. The zero-order chi connectivity index (χ0) is 12.3. The Morgan fingerprint density at radius 1 is 1.41 bits per heavy atom. The summed E-state index contributed by atoms with van der Waals surface area (Å²) in [4.78, 5) is 13.6. The maximum absolute atomic E-state index is 11.8. The summed E-state index contributed by atoms with van der Waals surface area (Å²) in [7, 11) is 0. The predicted molar refractivity (Wildman–Crippen MR) is 72.3 cm³/mol. The van der Waals surface area contributed by atoms with Crippen molar-refractivity contribution in [3.63, 3.8) is 0 Å². The molecule has 92 valence electrons. The molecule has 0 unspecified atom stereocenters. The van der Waals surface area contributed by atoms with E-state index in [1.807, 2.05) is 6.07 Å². The number of benzene rings is 1. The van der Waals surface area contributed by atoms with Crippen molar-refractivity contribution >= 4 is 39.1 Å². The van der Waals surface area contributed by atoms with Crippen molar-refractivity contribution in [1.29, 1.82) is 0 Å². The highest BCUT2D eigenvalue weighted by Gasteiger charge is 2.24. The van der Waals surface area contributed by atoms with Crippen molar-refractivity contribution in [1.82, 2.24) is 0 Å². The second-order valence-corrected chi connectivity index (χ2v) is 5.07. The van der Waals surface area contributed by atoms with Gasteiger partial charge >= 0.3 is 0 Å². The van der Waals surface area contributed by atoms with Crippen LogP contribution in [-0.4, -0.2) is 24.4 Å². The number of nitrogens with zero attached hydrogens (tertiary/aromatic N) is 1. The Hall–Kier alpha value is -0.740. The van der Waals surface area contributed by atoms with Crippen LogP contribution in [-0.2, 0) is 4.79 Å². The van der Waals surface area contributed by atoms with E-state index in [1.54, 1.807) is 17.0 Å². The van der Waals surface area contributed by atoms with E-state index in [1.165, 1.54) is 0 Å². The van der Waals surface area contributed by atoms with Gasteiger partial charge in [0.25, 0.3) is 5.91 Å². The van der Waals surface area contributed by atoms with Crippen molar-refractivity contribution in [2.75, 3.05) is 23.4 Å². The normalized spacial score (nSPS) is 14.5. The molecule has 0 spiro atoms. The number of ether oxygens (including phenoxy) is 1. The van der Waals surface area contributed by atoms with Crippen LogP contribution >= 0.6 is 27.5 Å². The Bertz CT molecular complexity index is 425. The Kier molecular flexibility index (Phi) is 4.29. The lowest BCUT2D eigenvalue weighted by molar-refractivity contribution is -0.121. The quantitative estimate of drug-likeness (QED) is 0.630. The molecule has 5 heteroatoms. The van der Waals surface area contributed by atoms with Crippen LogP contribution in [0.5, 0.6) is 5.75 Å². The number of hydrogen-bond acceptors (Lipinski definition) is 2. The van der Waals surface area contributed by atoms with Gasteiger partial charge in [-0.05, 0) is 31.0 Å². The molecule has 1 aliphatic heterocycles. The van der Waals surface area contributed by atoms with E-state index in [2.05, 4.69) is 15.9 Å². The van der Waals surface area contributed by atoms with E-state index >= 15 is 0 Å². The van der Waals surface area contributed by atoms with Crippen LogP contribution in [0.4, 0.5) is 5.69 Å². The average molecular weight is 319 g/mol. The molecule has 1 aromatic carbocycles. The third-order valence-electron chi connectivity index (χ3n) is 2.63. The van der Waals surface area contributed by atoms with Gasteiger partial charge in [0.2, 0.25) is 0 Å². The fourth-order valence-electron chi connectivity index (χ4n) is 1.78. The third kappa shape index (κ3) is 2.93. The van der Waals surface area contributed by atoms with Gasteiger partial charge in [-0.2, -0.15) is 0 Å². The summed E-state index contributed by atoms with van der Waals surface area (Å²) in [6.07, 6.45) is 2.00. The number of rotatable bonds is 4. The predicted octanol–water partition coefficient (Wildman–Crippen LogP) is 3.24. The number of halogens is 2. The number of fused-ring (bicyclic) bond motifs is 1. The van der Waals surface area contributed by atoms with Gasteiger partial charge in [0.15, 0.2) is 6.61 Å².